The van der Waals surface area contributed by atoms with E-state index < -0.39 is 7.60 Å². The minimum atomic E-state index is -3.79. The maximum Gasteiger partial charge on any atom is 0.325 e. The maximum atomic E-state index is 10.6. The van der Waals surface area contributed by atoms with Crippen LogP contribution in [-0.2, 0) is 4.57 Å². The molecule has 0 unspecified atom stereocenters. The lowest BCUT2D eigenvalue weighted by Gasteiger charge is -2.25. The molecule has 1 rings (SSSR count). The highest BCUT2D eigenvalue weighted by Crippen LogP contribution is 2.40. The lowest BCUT2D eigenvalue weighted by molar-refractivity contribution is 0.316. The first-order valence-corrected chi connectivity index (χ1v) is 6.07. The number of hydrogen-bond acceptors (Lipinski definition) is 2. The van der Waals surface area contributed by atoms with Crippen LogP contribution in [-0.4, -0.2) is 22.0 Å². The summed E-state index contributed by atoms with van der Waals surface area (Å²) in [7, 11) is -3.79. The average molecular weight is 193 g/mol. The molecule has 1 aliphatic rings. The molecule has 0 radical (unpaired) electrons. The molecule has 0 bridgehead atoms. The quantitative estimate of drug-likeness (QED) is 0.563. The molecule has 0 heterocycles. The Labute approximate surface area is 72.3 Å². The normalized spacial score (nSPS) is 31.9. The molecule has 4 N–H and O–H groups in total. The standard InChI is InChI=1S/C7H16NO3P/c8-7-3-1-6(2-4-7)5-12(9,10)11/h6-7H,1-5,8H2,(H2,9,10,11). The molecule has 0 aromatic rings. The molecule has 1 aliphatic carbocycles. The molecule has 0 aromatic carbocycles. The molecule has 12 heavy (non-hydrogen) atoms. The van der Waals surface area contributed by atoms with Crippen LogP contribution in [0.5, 0.6) is 0 Å². The van der Waals surface area contributed by atoms with Crippen LogP contribution in [0.25, 0.3) is 0 Å². The van der Waals surface area contributed by atoms with Gasteiger partial charge in [-0.1, -0.05) is 0 Å². The lowest BCUT2D eigenvalue weighted by Crippen LogP contribution is -2.27. The molecule has 0 aromatic heterocycles. The number of hydrogen-bond donors (Lipinski definition) is 3. The van der Waals surface area contributed by atoms with E-state index in [1.54, 1.807) is 0 Å². The summed E-state index contributed by atoms with van der Waals surface area (Å²) >= 11 is 0. The fourth-order valence-corrected chi connectivity index (χ4v) is 2.75. The molecule has 0 amide bonds. The van der Waals surface area contributed by atoms with Crippen molar-refractivity contribution in [1.29, 1.82) is 0 Å². The molecular formula is C7H16NO3P. The minimum Gasteiger partial charge on any atom is -0.328 e. The van der Waals surface area contributed by atoms with Crippen molar-refractivity contribution in [2.75, 3.05) is 6.16 Å². The van der Waals surface area contributed by atoms with Gasteiger partial charge in [-0.2, -0.15) is 0 Å². The third-order valence-electron chi connectivity index (χ3n) is 2.39. The Morgan fingerprint density at radius 1 is 1.25 bits per heavy atom. The molecule has 1 fully saturated rings. The Morgan fingerprint density at radius 2 is 1.75 bits per heavy atom. The Balaban J connectivity index is 2.31. The summed E-state index contributed by atoms with van der Waals surface area (Å²) < 4.78 is 10.6. The summed E-state index contributed by atoms with van der Waals surface area (Å²) in [5, 5.41) is 0. The Hall–Kier alpha value is 0.110. The first-order valence-electron chi connectivity index (χ1n) is 4.27. The first kappa shape index (κ1) is 10.2. The van der Waals surface area contributed by atoms with Crippen molar-refractivity contribution in [2.45, 2.75) is 31.7 Å². The van der Waals surface area contributed by atoms with E-state index in [2.05, 4.69) is 0 Å². The molecule has 0 spiro atoms. The average Bonchev–Trinajstić information content (AvgIpc) is 1.91. The highest BCUT2D eigenvalue weighted by molar-refractivity contribution is 7.51. The van der Waals surface area contributed by atoms with Gasteiger partial charge in [0.2, 0.25) is 0 Å². The van der Waals surface area contributed by atoms with Crippen molar-refractivity contribution < 1.29 is 14.4 Å². The van der Waals surface area contributed by atoms with Crippen molar-refractivity contribution in [3.8, 4) is 0 Å². The molecule has 0 aliphatic heterocycles. The van der Waals surface area contributed by atoms with Crippen LogP contribution < -0.4 is 5.73 Å². The predicted octanol–water partition coefficient (Wildman–Crippen LogP) is 0.682. The van der Waals surface area contributed by atoms with Crippen LogP contribution >= 0.6 is 7.60 Å². The monoisotopic (exact) mass is 193 g/mol. The molecule has 72 valence electrons. The van der Waals surface area contributed by atoms with E-state index >= 15 is 0 Å². The molecule has 5 heteroatoms. The van der Waals surface area contributed by atoms with Gasteiger partial charge in [0.05, 0.1) is 6.16 Å². The summed E-state index contributed by atoms with van der Waals surface area (Å²) in [6.45, 7) is 0. The summed E-state index contributed by atoms with van der Waals surface area (Å²) in [6.07, 6.45) is 3.59. The lowest BCUT2D eigenvalue weighted by atomic mass is 9.88. The highest BCUT2D eigenvalue weighted by atomic mass is 31.2. The zero-order chi connectivity index (χ0) is 9.19. The molecule has 1 saturated carbocycles. The van der Waals surface area contributed by atoms with Crippen LogP contribution in [0.1, 0.15) is 25.7 Å². The predicted molar refractivity (Wildman–Crippen MR) is 46.8 cm³/mol. The largest absolute Gasteiger partial charge is 0.328 e. The fraction of sp³-hybridized carbons (Fsp3) is 1.00. The van der Waals surface area contributed by atoms with E-state index in [0.29, 0.717) is 0 Å². The molecular weight excluding hydrogens is 177 g/mol. The van der Waals surface area contributed by atoms with Gasteiger partial charge in [-0.05, 0) is 31.6 Å². The summed E-state index contributed by atoms with van der Waals surface area (Å²) in [5.74, 6) is 0.186. The van der Waals surface area contributed by atoms with Crippen LogP contribution in [0, 0.1) is 5.92 Å². The van der Waals surface area contributed by atoms with Gasteiger partial charge < -0.3 is 15.5 Å². The second-order valence-electron chi connectivity index (χ2n) is 3.63. The van der Waals surface area contributed by atoms with Gasteiger partial charge >= 0.3 is 7.60 Å². The van der Waals surface area contributed by atoms with E-state index in [4.69, 9.17) is 15.5 Å². The highest BCUT2D eigenvalue weighted by Gasteiger charge is 2.25. The van der Waals surface area contributed by atoms with Crippen LogP contribution in [0.4, 0.5) is 0 Å². The van der Waals surface area contributed by atoms with E-state index in [0.717, 1.165) is 25.7 Å². The van der Waals surface area contributed by atoms with Gasteiger partial charge in [0, 0.05) is 6.04 Å². The Morgan fingerprint density at radius 3 is 2.17 bits per heavy atom. The summed E-state index contributed by atoms with van der Waals surface area (Å²) in [6, 6.07) is 0.248. The second-order valence-corrected chi connectivity index (χ2v) is 5.32. The SMILES string of the molecule is NC1CCC(CP(=O)(O)O)CC1. The number of nitrogens with two attached hydrogens (primary N) is 1. The third kappa shape index (κ3) is 3.68. The van der Waals surface area contributed by atoms with Crippen LogP contribution in [0.3, 0.4) is 0 Å². The van der Waals surface area contributed by atoms with Crippen molar-refractivity contribution in [3.05, 3.63) is 0 Å². The number of rotatable bonds is 2. The Bertz CT molecular complexity index is 183. The van der Waals surface area contributed by atoms with E-state index in [-0.39, 0.29) is 18.1 Å². The second kappa shape index (κ2) is 3.88. The van der Waals surface area contributed by atoms with Gasteiger partial charge in [0.15, 0.2) is 0 Å². The van der Waals surface area contributed by atoms with Gasteiger partial charge in [-0.25, -0.2) is 0 Å². The molecule has 0 atom stereocenters. The van der Waals surface area contributed by atoms with Crippen molar-refractivity contribution in [1.82, 2.24) is 0 Å². The summed E-state index contributed by atoms with van der Waals surface area (Å²) in [4.78, 5) is 17.4. The smallest absolute Gasteiger partial charge is 0.325 e. The van der Waals surface area contributed by atoms with E-state index in [1.165, 1.54) is 0 Å². The van der Waals surface area contributed by atoms with E-state index in [1.807, 2.05) is 0 Å². The van der Waals surface area contributed by atoms with Gasteiger partial charge in [-0.3, -0.25) is 4.57 Å². The topological polar surface area (TPSA) is 83.6 Å². The minimum absolute atomic E-state index is 0.0414. The Kier molecular flexibility index (Phi) is 3.29. The van der Waals surface area contributed by atoms with Crippen molar-refractivity contribution >= 4 is 7.60 Å². The van der Waals surface area contributed by atoms with Crippen molar-refractivity contribution in [3.63, 3.8) is 0 Å². The van der Waals surface area contributed by atoms with Gasteiger partial charge in [0.25, 0.3) is 0 Å². The van der Waals surface area contributed by atoms with Crippen molar-refractivity contribution in [2.24, 2.45) is 11.7 Å². The third-order valence-corrected chi connectivity index (χ3v) is 3.38. The van der Waals surface area contributed by atoms with Crippen LogP contribution in [0.15, 0.2) is 0 Å². The van der Waals surface area contributed by atoms with Gasteiger partial charge in [0.1, 0.15) is 0 Å². The zero-order valence-corrected chi connectivity index (χ0v) is 7.91. The first-order chi connectivity index (χ1) is 5.47. The fourth-order valence-electron chi connectivity index (χ4n) is 1.71. The van der Waals surface area contributed by atoms with Crippen LogP contribution in [0.2, 0.25) is 0 Å². The zero-order valence-electron chi connectivity index (χ0n) is 7.02. The maximum absolute atomic E-state index is 10.6. The van der Waals surface area contributed by atoms with E-state index in [9.17, 15) is 4.57 Å². The molecule has 0 saturated heterocycles. The summed E-state index contributed by atoms with van der Waals surface area (Å²) in [5.41, 5.74) is 5.67. The molecule has 4 nitrogen and oxygen atoms in total. The van der Waals surface area contributed by atoms with Gasteiger partial charge in [-0.15, -0.1) is 0 Å².